The monoisotopic (exact) mass is 401 g/mol. The van der Waals surface area contributed by atoms with Crippen LogP contribution in [0.1, 0.15) is 12.5 Å². The Balaban J connectivity index is 2.65. The lowest BCUT2D eigenvalue weighted by Crippen LogP contribution is -2.05. The highest BCUT2D eigenvalue weighted by atomic mass is 79.9. The van der Waals surface area contributed by atoms with Gasteiger partial charge in [-0.3, -0.25) is 14.9 Å². The fourth-order valence-electron chi connectivity index (χ4n) is 2.23. The summed E-state index contributed by atoms with van der Waals surface area (Å²) in [7, 11) is 0. The number of rotatable bonds is 5. The molecule has 0 aromatic heterocycles. The lowest BCUT2D eigenvalue weighted by atomic mass is 10.0. The van der Waals surface area contributed by atoms with Gasteiger partial charge in [0.25, 0.3) is 5.69 Å². The fourth-order valence-corrected chi connectivity index (χ4v) is 3.50. The third kappa shape index (κ3) is 3.74. The Hall–Kier alpha value is -1.84. The molecule has 0 bridgehead atoms. The first-order valence-corrected chi connectivity index (χ1v) is 8.35. The average Bonchev–Trinajstić information content (AvgIpc) is 2.48. The minimum Gasteiger partial charge on any atom is -0.466 e. The lowest BCUT2D eigenvalue weighted by Gasteiger charge is -2.12. The maximum absolute atomic E-state index is 11.6. The van der Waals surface area contributed by atoms with Gasteiger partial charge in [0.05, 0.1) is 21.8 Å². The predicted octanol–water partition coefficient (Wildman–Crippen LogP) is 3.20. The van der Waals surface area contributed by atoms with E-state index < -0.39 is 22.0 Å². The van der Waals surface area contributed by atoms with E-state index in [9.17, 15) is 23.7 Å². The van der Waals surface area contributed by atoms with Crippen LogP contribution < -0.4 is 0 Å². The van der Waals surface area contributed by atoms with Crippen LogP contribution in [0.25, 0.3) is 10.8 Å². The first-order chi connectivity index (χ1) is 10.8. The number of esters is 1. The van der Waals surface area contributed by atoms with Crippen LogP contribution in [0, 0.1) is 10.1 Å². The molecule has 0 amide bonds. The highest BCUT2D eigenvalue weighted by Crippen LogP contribution is 2.37. The molecule has 0 radical (unpaired) electrons. The van der Waals surface area contributed by atoms with Gasteiger partial charge < -0.3 is 9.29 Å². The quantitative estimate of drug-likeness (QED) is 0.356. The van der Waals surface area contributed by atoms with E-state index in [0.717, 1.165) is 0 Å². The zero-order valence-corrected chi connectivity index (χ0v) is 14.3. The molecule has 1 N–H and O–H groups in total. The fraction of sp³-hybridized carbons (Fsp3) is 0.214. The number of hydrogen-bond acceptors (Lipinski definition) is 5. The molecule has 2 rings (SSSR count). The molecule has 1 unspecified atom stereocenters. The topological polar surface area (TPSA) is 107 Å². The van der Waals surface area contributed by atoms with Crippen LogP contribution >= 0.6 is 15.9 Å². The second kappa shape index (κ2) is 7.16. The Morgan fingerprint density at radius 1 is 1.48 bits per heavy atom. The second-order valence-electron chi connectivity index (χ2n) is 4.64. The summed E-state index contributed by atoms with van der Waals surface area (Å²) in [6, 6.07) is 5.83. The van der Waals surface area contributed by atoms with Crippen LogP contribution in [0.3, 0.4) is 0 Å². The van der Waals surface area contributed by atoms with Gasteiger partial charge in [0, 0.05) is 29.3 Å². The van der Waals surface area contributed by atoms with Crippen molar-refractivity contribution in [2.45, 2.75) is 18.2 Å². The van der Waals surface area contributed by atoms with Gasteiger partial charge in [0.2, 0.25) is 0 Å². The van der Waals surface area contributed by atoms with Gasteiger partial charge in [0.15, 0.2) is 11.1 Å². The van der Waals surface area contributed by atoms with Crippen molar-refractivity contribution in [1.82, 2.24) is 0 Å². The summed E-state index contributed by atoms with van der Waals surface area (Å²) in [5, 5.41) is 11.8. The average molecular weight is 402 g/mol. The number of halogens is 1. The molecule has 122 valence electrons. The minimum absolute atomic E-state index is 0.0478. The molecule has 9 heteroatoms. The smallest absolute Gasteiger partial charge is 0.302 e. The van der Waals surface area contributed by atoms with Crippen LogP contribution in [0.2, 0.25) is 0 Å². The van der Waals surface area contributed by atoms with Gasteiger partial charge in [-0.1, -0.05) is 12.1 Å². The van der Waals surface area contributed by atoms with E-state index in [-0.39, 0.29) is 22.6 Å². The first kappa shape index (κ1) is 17.5. The summed E-state index contributed by atoms with van der Waals surface area (Å²) < 4.78 is 26.6. The third-order valence-corrected chi connectivity index (χ3v) is 4.81. The zero-order chi connectivity index (χ0) is 17.1. The Morgan fingerprint density at radius 2 is 2.17 bits per heavy atom. The standard InChI is InChI=1S/C14H12BrNO6S/c1-8(17)22-6-5-9-7-12(23(20)21)13-10(14(9)15)3-2-4-11(13)16(18)19/h2-4,7H,5-6H2,1H3,(H,20,21). The van der Waals surface area contributed by atoms with Gasteiger partial charge in [-0.2, -0.15) is 0 Å². The number of carbonyl (C=O) groups is 1. The predicted molar refractivity (Wildman–Crippen MR) is 87.7 cm³/mol. The molecule has 2 aromatic rings. The largest absolute Gasteiger partial charge is 0.466 e. The molecule has 0 fully saturated rings. The molecule has 0 spiro atoms. The lowest BCUT2D eigenvalue weighted by molar-refractivity contribution is -0.383. The van der Waals surface area contributed by atoms with E-state index in [4.69, 9.17) is 4.74 Å². The van der Waals surface area contributed by atoms with Crippen molar-refractivity contribution in [2.75, 3.05) is 6.61 Å². The van der Waals surface area contributed by atoms with Crippen LogP contribution in [-0.2, 0) is 27.0 Å². The summed E-state index contributed by atoms with van der Waals surface area (Å²) in [6.45, 7) is 1.39. The molecule has 0 aliphatic heterocycles. The highest BCUT2D eigenvalue weighted by molar-refractivity contribution is 9.10. The summed E-state index contributed by atoms with van der Waals surface area (Å²) in [5.41, 5.74) is 0.379. The number of benzene rings is 2. The normalized spacial score (nSPS) is 12.1. The first-order valence-electron chi connectivity index (χ1n) is 6.45. The number of fused-ring (bicyclic) bond motifs is 1. The molecule has 0 aliphatic carbocycles. The van der Waals surface area contributed by atoms with E-state index in [0.29, 0.717) is 21.8 Å². The molecule has 7 nitrogen and oxygen atoms in total. The molecule has 1 atom stereocenters. The van der Waals surface area contributed by atoms with Gasteiger partial charge in [-0.05, 0) is 27.6 Å². The van der Waals surface area contributed by atoms with E-state index in [1.807, 2.05) is 0 Å². The van der Waals surface area contributed by atoms with E-state index in [1.54, 1.807) is 6.07 Å². The van der Waals surface area contributed by atoms with Gasteiger partial charge in [-0.15, -0.1) is 0 Å². The number of nitro groups is 1. The zero-order valence-electron chi connectivity index (χ0n) is 11.9. The summed E-state index contributed by atoms with van der Waals surface area (Å²) in [6.07, 6.45) is 0.309. The Bertz CT molecular complexity index is 823. The van der Waals surface area contributed by atoms with Crippen LogP contribution in [-0.4, -0.2) is 26.3 Å². The summed E-state index contributed by atoms with van der Waals surface area (Å²) in [5.74, 6) is -0.427. The molecule has 0 heterocycles. The second-order valence-corrected chi connectivity index (χ2v) is 6.37. The van der Waals surface area contributed by atoms with E-state index in [2.05, 4.69) is 15.9 Å². The van der Waals surface area contributed by atoms with Crippen molar-refractivity contribution in [3.63, 3.8) is 0 Å². The maximum atomic E-state index is 11.6. The van der Waals surface area contributed by atoms with Crippen molar-refractivity contribution in [1.29, 1.82) is 0 Å². The summed E-state index contributed by atoms with van der Waals surface area (Å²) >= 11 is 0.976. The molecular weight excluding hydrogens is 390 g/mol. The number of carbonyl (C=O) groups excluding carboxylic acids is 1. The molecule has 23 heavy (non-hydrogen) atoms. The Morgan fingerprint density at radius 3 is 2.74 bits per heavy atom. The van der Waals surface area contributed by atoms with Crippen molar-refractivity contribution in [3.8, 4) is 0 Å². The molecular formula is C14H12BrNO6S. The van der Waals surface area contributed by atoms with Crippen molar-refractivity contribution < 1.29 is 23.2 Å². The van der Waals surface area contributed by atoms with Gasteiger partial charge in [0.1, 0.15) is 0 Å². The van der Waals surface area contributed by atoms with Crippen molar-refractivity contribution in [3.05, 3.63) is 44.4 Å². The molecule has 0 saturated carbocycles. The van der Waals surface area contributed by atoms with Crippen LogP contribution in [0.15, 0.2) is 33.6 Å². The molecule has 0 aliphatic rings. The van der Waals surface area contributed by atoms with Crippen LogP contribution in [0.4, 0.5) is 5.69 Å². The molecule has 2 aromatic carbocycles. The number of hydrogen-bond donors (Lipinski definition) is 1. The number of non-ortho nitro benzene ring substituents is 1. The highest BCUT2D eigenvalue weighted by Gasteiger charge is 2.21. The Labute approximate surface area is 142 Å². The minimum atomic E-state index is -2.40. The van der Waals surface area contributed by atoms with Crippen molar-refractivity contribution in [2.24, 2.45) is 0 Å². The third-order valence-electron chi connectivity index (χ3n) is 3.17. The van der Waals surface area contributed by atoms with Gasteiger partial charge >= 0.3 is 5.97 Å². The molecule has 0 saturated heterocycles. The summed E-state index contributed by atoms with van der Waals surface area (Å²) in [4.78, 5) is 21.4. The van der Waals surface area contributed by atoms with Gasteiger partial charge in [-0.25, -0.2) is 4.21 Å². The van der Waals surface area contributed by atoms with E-state index in [1.165, 1.54) is 25.1 Å². The van der Waals surface area contributed by atoms with Crippen LogP contribution in [0.5, 0.6) is 0 Å². The number of nitrogens with zero attached hydrogens (tertiary/aromatic N) is 1. The SMILES string of the molecule is CC(=O)OCCc1cc(S(=O)O)c2c([N+](=O)[O-])cccc2c1Br. The number of ether oxygens (including phenoxy) is 1. The maximum Gasteiger partial charge on any atom is 0.302 e. The van der Waals surface area contributed by atoms with E-state index >= 15 is 0 Å². The van der Waals surface area contributed by atoms with Crippen molar-refractivity contribution >= 4 is 49.4 Å². The Kier molecular flexibility index (Phi) is 5.45. The number of nitro benzene ring substituents is 1.